The molecule has 0 rings (SSSR count). The van der Waals surface area contributed by atoms with Gasteiger partial charge in [0.1, 0.15) is 6.54 Å². The molecule has 0 aromatic rings. The van der Waals surface area contributed by atoms with Gasteiger partial charge in [-0.3, -0.25) is 4.57 Å². The molecule has 3 N–H and O–H groups in total. The van der Waals surface area contributed by atoms with Crippen molar-refractivity contribution in [2.45, 2.75) is 109 Å². The van der Waals surface area contributed by atoms with E-state index in [1.807, 2.05) is 27.2 Å². The second-order valence-corrected chi connectivity index (χ2v) is 11.9. The van der Waals surface area contributed by atoms with E-state index in [-0.39, 0.29) is 13.0 Å². The van der Waals surface area contributed by atoms with Gasteiger partial charge in [-0.1, -0.05) is 76.2 Å². The highest BCUT2D eigenvalue weighted by molar-refractivity contribution is 7.53. The van der Waals surface area contributed by atoms with Gasteiger partial charge in [0.05, 0.1) is 21.1 Å². The highest BCUT2D eigenvalue weighted by atomic mass is 31.2. The zero-order valence-corrected chi connectivity index (χ0v) is 21.7. The quantitative estimate of drug-likeness (QED) is 0.0834. The Balaban J connectivity index is 3.74. The first-order valence-electron chi connectivity index (χ1n) is 12.4. The zero-order valence-electron chi connectivity index (χ0n) is 20.8. The van der Waals surface area contributed by atoms with E-state index in [2.05, 4.69) is 25.2 Å². The van der Waals surface area contributed by atoms with Crippen LogP contribution in [0.1, 0.15) is 103 Å². The van der Waals surface area contributed by atoms with E-state index in [1.165, 1.54) is 70.6 Å². The average Bonchev–Trinajstić information content (AvgIpc) is 2.65. The van der Waals surface area contributed by atoms with E-state index < -0.39 is 12.9 Å². The van der Waals surface area contributed by atoms with Crippen molar-refractivity contribution in [2.75, 3.05) is 27.7 Å². The van der Waals surface area contributed by atoms with Crippen molar-refractivity contribution >= 4 is 7.60 Å². The minimum Gasteiger partial charge on any atom is -0.373 e. The minimum absolute atomic E-state index is 0.0270. The SMILES string of the molecule is CCCCCCC/C=C\CCCCCCC/C=C\CCC(O)(C[N+](C)(C)C)P(=O)(O)O. The van der Waals surface area contributed by atoms with Crippen LogP contribution in [0.5, 0.6) is 0 Å². The molecular formula is C25H51NO4P+. The molecule has 0 aliphatic carbocycles. The number of hydrogen-bond acceptors (Lipinski definition) is 2. The molecule has 0 saturated heterocycles. The van der Waals surface area contributed by atoms with Gasteiger partial charge < -0.3 is 19.4 Å². The fourth-order valence-electron chi connectivity index (χ4n) is 3.78. The Hall–Kier alpha value is -0.450. The summed E-state index contributed by atoms with van der Waals surface area (Å²) in [5.41, 5.74) is 0. The Bertz CT molecular complexity index is 536. The van der Waals surface area contributed by atoms with Crippen molar-refractivity contribution in [1.29, 1.82) is 0 Å². The largest absolute Gasteiger partial charge is 0.373 e. The maximum Gasteiger partial charge on any atom is 0.362 e. The van der Waals surface area contributed by atoms with Gasteiger partial charge in [-0.2, -0.15) is 0 Å². The Kier molecular flexibility index (Phi) is 16.8. The van der Waals surface area contributed by atoms with Crippen LogP contribution in [0.2, 0.25) is 0 Å². The van der Waals surface area contributed by atoms with Crippen LogP contribution in [0.4, 0.5) is 0 Å². The summed E-state index contributed by atoms with van der Waals surface area (Å²) < 4.78 is 12.1. The third-order valence-electron chi connectivity index (χ3n) is 5.53. The van der Waals surface area contributed by atoms with Crippen molar-refractivity contribution in [3.63, 3.8) is 0 Å². The predicted molar refractivity (Wildman–Crippen MR) is 133 cm³/mol. The number of hydrogen-bond donors (Lipinski definition) is 3. The molecule has 0 aliphatic heterocycles. The molecule has 0 aliphatic rings. The molecule has 6 heteroatoms. The van der Waals surface area contributed by atoms with E-state index in [1.54, 1.807) is 0 Å². The maximum absolute atomic E-state index is 11.8. The van der Waals surface area contributed by atoms with E-state index in [4.69, 9.17) is 0 Å². The third-order valence-corrected chi connectivity index (χ3v) is 6.98. The average molecular weight is 461 g/mol. The lowest BCUT2D eigenvalue weighted by atomic mass is 10.1. The Morgan fingerprint density at radius 1 is 0.710 bits per heavy atom. The molecule has 1 atom stereocenters. The van der Waals surface area contributed by atoms with Crippen LogP contribution in [0.3, 0.4) is 0 Å². The summed E-state index contributed by atoms with van der Waals surface area (Å²) >= 11 is 0. The highest BCUT2D eigenvalue weighted by Gasteiger charge is 2.48. The van der Waals surface area contributed by atoms with Gasteiger partial charge in [0, 0.05) is 0 Å². The van der Waals surface area contributed by atoms with Crippen LogP contribution in [0, 0.1) is 0 Å². The van der Waals surface area contributed by atoms with Crippen LogP contribution in [-0.4, -0.2) is 52.4 Å². The predicted octanol–water partition coefficient (Wildman–Crippen LogP) is 6.54. The summed E-state index contributed by atoms with van der Waals surface area (Å²) in [7, 11) is 0.890. The number of quaternary nitrogens is 1. The molecule has 0 bridgehead atoms. The maximum atomic E-state index is 11.8. The van der Waals surface area contributed by atoms with Crippen LogP contribution in [0.15, 0.2) is 24.3 Å². The summed E-state index contributed by atoms with van der Waals surface area (Å²) in [5.74, 6) is 0. The van der Waals surface area contributed by atoms with Crippen molar-refractivity contribution < 1.29 is 23.9 Å². The fourth-order valence-corrected chi connectivity index (χ4v) is 4.81. The Morgan fingerprint density at radius 3 is 1.48 bits per heavy atom. The van der Waals surface area contributed by atoms with Gasteiger partial charge in [-0.25, -0.2) is 0 Å². The summed E-state index contributed by atoms with van der Waals surface area (Å²) in [6.45, 7) is 2.28. The topological polar surface area (TPSA) is 77.8 Å². The minimum atomic E-state index is -4.58. The van der Waals surface area contributed by atoms with Gasteiger partial charge >= 0.3 is 7.60 Å². The lowest BCUT2D eigenvalue weighted by Gasteiger charge is -2.35. The van der Waals surface area contributed by atoms with E-state index in [0.29, 0.717) is 10.9 Å². The first-order valence-corrected chi connectivity index (χ1v) is 14.0. The van der Waals surface area contributed by atoms with Gasteiger partial charge in [0.15, 0.2) is 0 Å². The number of likely N-dealkylation sites (N-methyl/N-ethyl adjacent to an activating group) is 1. The molecule has 5 nitrogen and oxygen atoms in total. The number of nitrogens with zero attached hydrogens (tertiary/aromatic N) is 1. The molecule has 0 heterocycles. The van der Waals surface area contributed by atoms with E-state index in [0.717, 1.165) is 12.8 Å². The monoisotopic (exact) mass is 460 g/mol. The smallest absolute Gasteiger partial charge is 0.362 e. The fraction of sp³-hybridized carbons (Fsp3) is 0.840. The molecule has 0 aromatic heterocycles. The number of unbranched alkanes of at least 4 members (excludes halogenated alkanes) is 11. The van der Waals surface area contributed by atoms with Gasteiger partial charge in [-0.05, 0) is 51.4 Å². The van der Waals surface area contributed by atoms with Crippen molar-refractivity contribution in [2.24, 2.45) is 0 Å². The number of allylic oxidation sites excluding steroid dienone is 4. The van der Waals surface area contributed by atoms with Gasteiger partial charge in [0.2, 0.25) is 5.34 Å². The first kappa shape index (κ1) is 30.6. The standard InChI is InChI=1S/C25H50NO4P/c1-5-6-7-8-9-10-11-12-13-14-15-16-17-18-19-20-21-22-23-25(27,31(28,29)30)24-26(2,3)4/h11-12,20-21,27H,5-10,13-19,22-24H2,1-4H3,(H-,28,29,30)/p+1/b12-11-,21-20-. The van der Waals surface area contributed by atoms with Crippen molar-refractivity contribution in [1.82, 2.24) is 0 Å². The van der Waals surface area contributed by atoms with Crippen LogP contribution in [0.25, 0.3) is 0 Å². The Labute approximate surface area is 192 Å². The zero-order chi connectivity index (χ0) is 23.6. The lowest BCUT2D eigenvalue weighted by Crippen LogP contribution is -2.49. The van der Waals surface area contributed by atoms with Gasteiger partial charge in [0.25, 0.3) is 0 Å². The summed E-state index contributed by atoms with van der Waals surface area (Å²) in [5, 5.41) is 8.54. The summed E-state index contributed by atoms with van der Waals surface area (Å²) in [4.78, 5) is 19.1. The van der Waals surface area contributed by atoms with E-state index >= 15 is 0 Å². The summed E-state index contributed by atoms with van der Waals surface area (Å²) in [6.07, 6.45) is 25.7. The molecule has 0 fully saturated rings. The normalized spacial score (nSPS) is 15.2. The molecular weight excluding hydrogens is 409 g/mol. The summed E-state index contributed by atoms with van der Waals surface area (Å²) in [6, 6.07) is 0. The molecule has 184 valence electrons. The third kappa shape index (κ3) is 17.7. The first-order chi connectivity index (χ1) is 14.5. The highest BCUT2D eigenvalue weighted by Crippen LogP contribution is 2.52. The molecule has 0 saturated carbocycles. The van der Waals surface area contributed by atoms with Crippen LogP contribution < -0.4 is 0 Å². The number of rotatable bonds is 20. The van der Waals surface area contributed by atoms with E-state index in [9.17, 15) is 19.5 Å². The lowest BCUT2D eigenvalue weighted by molar-refractivity contribution is -0.875. The molecule has 0 aromatic carbocycles. The van der Waals surface area contributed by atoms with Crippen molar-refractivity contribution in [3.05, 3.63) is 24.3 Å². The Morgan fingerprint density at radius 2 is 1.10 bits per heavy atom. The molecule has 0 spiro atoms. The van der Waals surface area contributed by atoms with Crippen LogP contribution in [-0.2, 0) is 4.57 Å². The van der Waals surface area contributed by atoms with Crippen LogP contribution >= 0.6 is 7.60 Å². The molecule has 1 unspecified atom stereocenters. The van der Waals surface area contributed by atoms with Crippen molar-refractivity contribution in [3.8, 4) is 0 Å². The number of aliphatic hydroxyl groups is 1. The molecule has 0 radical (unpaired) electrons. The second kappa shape index (κ2) is 17.1. The molecule has 0 amide bonds. The second-order valence-electron chi connectivity index (χ2n) is 10.0. The molecule has 31 heavy (non-hydrogen) atoms. The van der Waals surface area contributed by atoms with Gasteiger partial charge in [-0.15, -0.1) is 0 Å².